The number of methoxy groups -OCH3 is 1. The van der Waals surface area contributed by atoms with E-state index in [-0.39, 0.29) is 16.5 Å². The van der Waals surface area contributed by atoms with Crippen molar-refractivity contribution in [2.24, 2.45) is 5.73 Å². The summed E-state index contributed by atoms with van der Waals surface area (Å²) < 4.78 is 4.77. The van der Waals surface area contributed by atoms with Crippen molar-refractivity contribution in [2.45, 2.75) is 6.54 Å². The molecule has 0 fully saturated rings. The molecular formula is C20H17ClN2O3. The molecule has 2 aromatic carbocycles. The van der Waals surface area contributed by atoms with Crippen LogP contribution in [-0.4, -0.2) is 23.2 Å². The van der Waals surface area contributed by atoms with Gasteiger partial charge in [0.1, 0.15) is 11.4 Å². The fourth-order valence-electron chi connectivity index (χ4n) is 2.74. The Kier molecular flexibility index (Phi) is 5.21. The van der Waals surface area contributed by atoms with E-state index in [2.05, 4.69) is 4.98 Å². The molecule has 0 spiro atoms. The van der Waals surface area contributed by atoms with Gasteiger partial charge in [0.25, 0.3) is 0 Å². The van der Waals surface area contributed by atoms with E-state index in [4.69, 9.17) is 22.1 Å². The fraction of sp³-hybridized carbons (Fsp3) is 0.100. The second kappa shape index (κ2) is 7.56. The summed E-state index contributed by atoms with van der Waals surface area (Å²) in [7, 11) is 1.30. The molecule has 6 heteroatoms. The second-order valence-electron chi connectivity index (χ2n) is 5.61. The minimum absolute atomic E-state index is 0.0625. The van der Waals surface area contributed by atoms with E-state index in [0.717, 1.165) is 16.7 Å². The van der Waals surface area contributed by atoms with Gasteiger partial charge in [-0.3, -0.25) is 0 Å². The van der Waals surface area contributed by atoms with Crippen molar-refractivity contribution in [3.8, 4) is 28.1 Å². The standard InChI is InChI=1S/C20H17ClN2O3/c1-26-20(25)17-9-7-15(14-5-3-2-4-13(14)11-22)19(23-17)12-6-8-16(21)18(24)10-12/h2-10,24H,11,22H2,1H3. The van der Waals surface area contributed by atoms with Crippen molar-refractivity contribution < 1.29 is 14.6 Å². The Morgan fingerprint density at radius 1 is 1.15 bits per heavy atom. The van der Waals surface area contributed by atoms with E-state index in [1.807, 2.05) is 24.3 Å². The molecule has 3 N–H and O–H groups in total. The van der Waals surface area contributed by atoms with Crippen molar-refractivity contribution in [3.05, 3.63) is 70.9 Å². The van der Waals surface area contributed by atoms with Crippen LogP contribution < -0.4 is 5.73 Å². The summed E-state index contributed by atoms with van der Waals surface area (Å²) in [5, 5.41) is 10.2. The Labute approximate surface area is 156 Å². The van der Waals surface area contributed by atoms with Crippen LogP contribution in [0.5, 0.6) is 5.75 Å². The van der Waals surface area contributed by atoms with Gasteiger partial charge in [-0.2, -0.15) is 0 Å². The number of ether oxygens (including phenoxy) is 1. The number of phenols is 1. The number of nitrogens with zero attached hydrogens (tertiary/aromatic N) is 1. The topological polar surface area (TPSA) is 85.4 Å². The number of phenolic OH excluding ortho intramolecular Hbond substituents is 1. The molecule has 0 aliphatic carbocycles. The summed E-state index contributed by atoms with van der Waals surface area (Å²) in [4.78, 5) is 16.4. The molecule has 0 radical (unpaired) electrons. The van der Waals surface area contributed by atoms with Crippen LogP contribution in [0.3, 0.4) is 0 Å². The van der Waals surface area contributed by atoms with Gasteiger partial charge in [0.2, 0.25) is 0 Å². The molecule has 0 amide bonds. The molecule has 0 saturated carbocycles. The van der Waals surface area contributed by atoms with Gasteiger partial charge in [0, 0.05) is 17.7 Å². The highest BCUT2D eigenvalue weighted by atomic mass is 35.5. The molecule has 1 heterocycles. The number of benzene rings is 2. The average molecular weight is 369 g/mol. The highest BCUT2D eigenvalue weighted by Gasteiger charge is 2.17. The minimum Gasteiger partial charge on any atom is -0.506 e. The number of aromatic nitrogens is 1. The summed E-state index contributed by atoms with van der Waals surface area (Å²) in [6.45, 7) is 0.361. The number of hydrogen-bond acceptors (Lipinski definition) is 5. The van der Waals surface area contributed by atoms with E-state index in [0.29, 0.717) is 17.8 Å². The molecule has 0 bridgehead atoms. The summed E-state index contributed by atoms with van der Waals surface area (Å²) in [6.07, 6.45) is 0. The Morgan fingerprint density at radius 3 is 2.62 bits per heavy atom. The molecule has 132 valence electrons. The predicted octanol–water partition coefficient (Wildman–Crippen LogP) is 4.02. The first-order valence-corrected chi connectivity index (χ1v) is 8.29. The zero-order valence-electron chi connectivity index (χ0n) is 14.1. The van der Waals surface area contributed by atoms with E-state index in [1.54, 1.807) is 24.3 Å². The Balaban J connectivity index is 2.27. The fourth-order valence-corrected chi connectivity index (χ4v) is 2.85. The summed E-state index contributed by atoms with van der Waals surface area (Å²) in [6, 6.07) is 15.9. The van der Waals surface area contributed by atoms with Crippen LogP contribution in [0.1, 0.15) is 16.1 Å². The third-order valence-electron chi connectivity index (χ3n) is 4.04. The molecule has 3 rings (SSSR count). The number of halogens is 1. The van der Waals surface area contributed by atoms with Gasteiger partial charge in [-0.05, 0) is 35.4 Å². The quantitative estimate of drug-likeness (QED) is 0.679. The van der Waals surface area contributed by atoms with E-state index in [1.165, 1.54) is 13.2 Å². The zero-order chi connectivity index (χ0) is 18.7. The number of carbonyl (C=O) groups is 1. The number of pyridine rings is 1. The molecule has 1 aromatic heterocycles. The lowest BCUT2D eigenvalue weighted by Crippen LogP contribution is -2.06. The van der Waals surface area contributed by atoms with Crippen molar-refractivity contribution in [1.29, 1.82) is 0 Å². The Bertz CT molecular complexity index is 973. The van der Waals surface area contributed by atoms with Crippen LogP contribution in [0.15, 0.2) is 54.6 Å². The van der Waals surface area contributed by atoms with Crippen LogP contribution in [0.4, 0.5) is 0 Å². The Hall–Kier alpha value is -2.89. The normalized spacial score (nSPS) is 10.6. The van der Waals surface area contributed by atoms with Gasteiger partial charge in [-0.1, -0.05) is 41.9 Å². The molecule has 5 nitrogen and oxygen atoms in total. The number of nitrogens with two attached hydrogens (primary N) is 1. The van der Waals surface area contributed by atoms with Crippen molar-refractivity contribution in [2.75, 3.05) is 7.11 Å². The number of hydrogen-bond donors (Lipinski definition) is 2. The molecule has 0 atom stereocenters. The summed E-state index contributed by atoms with van der Waals surface area (Å²) in [5.74, 6) is -0.601. The molecule has 26 heavy (non-hydrogen) atoms. The maximum absolute atomic E-state index is 11.9. The summed E-state index contributed by atoms with van der Waals surface area (Å²) >= 11 is 5.92. The highest BCUT2D eigenvalue weighted by Crippen LogP contribution is 2.36. The molecule has 0 aliphatic heterocycles. The Morgan fingerprint density at radius 2 is 1.92 bits per heavy atom. The smallest absolute Gasteiger partial charge is 0.356 e. The summed E-state index contributed by atoms with van der Waals surface area (Å²) in [5.41, 5.74) is 9.84. The lowest BCUT2D eigenvalue weighted by atomic mass is 9.95. The van der Waals surface area contributed by atoms with E-state index >= 15 is 0 Å². The van der Waals surface area contributed by atoms with Gasteiger partial charge >= 0.3 is 5.97 Å². The highest BCUT2D eigenvalue weighted by molar-refractivity contribution is 6.32. The van der Waals surface area contributed by atoms with Crippen molar-refractivity contribution in [1.82, 2.24) is 4.98 Å². The van der Waals surface area contributed by atoms with Gasteiger partial charge in [0.05, 0.1) is 17.8 Å². The van der Waals surface area contributed by atoms with E-state index in [9.17, 15) is 9.90 Å². The van der Waals surface area contributed by atoms with Crippen molar-refractivity contribution in [3.63, 3.8) is 0 Å². The molecule has 0 aliphatic rings. The largest absolute Gasteiger partial charge is 0.506 e. The maximum atomic E-state index is 11.9. The molecule has 0 unspecified atom stereocenters. The zero-order valence-corrected chi connectivity index (χ0v) is 14.8. The minimum atomic E-state index is -0.539. The molecular weight excluding hydrogens is 352 g/mol. The van der Waals surface area contributed by atoms with Crippen LogP contribution >= 0.6 is 11.6 Å². The van der Waals surface area contributed by atoms with Crippen LogP contribution in [-0.2, 0) is 11.3 Å². The molecule has 3 aromatic rings. The maximum Gasteiger partial charge on any atom is 0.356 e. The van der Waals surface area contributed by atoms with E-state index < -0.39 is 5.97 Å². The second-order valence-corrected chi connectivity index (χ2v) is 6.02. The third-order valence-corrected chi connectivity index (χ3v) is 4.36. The van der Waals surface area contributed by atoms with Crippen LogP contribution in [0, 0.1) is 0 Å². The first-order valence-electron chi connectivity index (χ1n) is 7.91. The number of carbonyl (C=O) groups excluding carboxylic acids is 1. The SMILES string of the molecule is COC(=O)c1ccc(-c2ccccc2CN)c(-c2ccc(Cl)c(O)c2)n1. The number of esters is 1. The lowest BCUT2D eigenvalue weighted by Gasteiger charge is -2.14. The van der Waals surface area contributed by atoms with Gasteiger partial charge in [-0.15, -0.1) is 0 Å². The average Bonchev–Trinajstić information content (AvgIpc) is 2.69. The van der Waals surface area contributed by atoms with Gasteiger partial charge < -0.3 is 15.6 Å². The third kappa shape index (κ3) is 3.40. The monoisotopic (exact) mass is 368 g/mol. The molecule has 0 saturated heterocycles. The number of rotatable bonds is 4. The van der Waals surface area contributed by atoms with Crippen LogP contribution in [0.25, 0.3) is 22.4 Å². The lowest BCUT2D eigenvalue weighted by molar-refractivity contribution is 0.0594. The number of aromatic hydroxyl groups is 1. The van der Waals surface area contributed by atoms with Gasteiger partial charge in [-0.25, -0.2) is 9.78 Å². The first kappa shape index (κ1) is 17.9. The van der Waals surface area contributed by atoms with Gasteiger partial charge in [0.15, 0.2) is 0 Å². The van der Waals surface area contributed by atoms with Crippen LogP contribution in [0.2, 0.25) is 5.02 Å². The first-order chi connectivity index (χ1) is 12.5. The predicted molar refractivity (Wildman–Crippen MR) is 101 cm³/mol. The van der Waals surface area contributed by atoms with Crippen molar-refractivity contribution >= 4 is 17.6 Å².